The molecule has 41 heavy (non-hydrogen) atoms. The number of carbonyl (C=O) groups is 2. The van der Waals surface area contributed by atoms with Crippen molar-refractivity contribution in [3.05, 3.63) is 0 Å². The fraction of sp³-hybridized carbons (Fsp3) is 0.947. The lowest BCUT2D eigenvalue weighted by Gasteiger charge is -2.06. The van der Waals surface area contributed by atoms with Gasteiger partial charge >= 0.3 is 5.97 Å². The topological polar surface area (TPSA) is 43.4 Å². The zero-order chi connectivity index (χ0) is 29.9. The van der Waals surface area contributed by atoms with E-state index in [0.29, 0.717) is 19.3 Å². The molecule has 0 aromatic carbocycles. The Bertz CT molecular complexity index is 484. The van der Waals surface area contributed by atoms with Gasteiger partial charge in [-0.2, -0.15) is 0 Å². The molecule has 0 N–H and O–H groups in total. The highest BCUT2D eigenvalue weighted by Crippen LogP contribution is 2.15. The molecule has 3 heteroatoms. The van der Waals surface area contributed by atoms with Gasteiger partial charge in [-0.1, -0.05) is 194 Å². The standard InChI is InChI=1S/C38H74O3/c1-3-5-7-9-11-13-15-17-19-21-23-25-27-29-31-33-37(39)35-36-41-38(40)34-32-30-28-26-24-22-20-18-16-14-12-10-8-6-4-2/h3-36H2,1-2H3. The fourth-order valence-electron chi connectivity index (χ4n) is 5.81. The van der Waals surface area contributed by atoms with Crippen molar-refractivity contribution in [3.63, 3.8) is 0 Å². The minimum absolute atomic E-state index is 0.125. The molecule has 0 rings (SSSR count). The maximum atomic E-state index is 12.1. The maximum absolute atomic E-state index is 12.1. The SMILES string of the molecule is CCCCCCCCCCCCCCCCCC(=O)CCOC(=O)CCCCCCCCCCCCCCCCC. The number of Topliss-reactive ketones (excluding diaryl/α,β-unsaturated/α-hetero) is 1. The van der Waals surface area contributed by atoms with Crippen molar-refractivity contribution in [2.45, 2.75) is 226 Å². The van der Waals surface area contributed by atoms with Gasteiger partial charge in [0.15, 0.2) is 0 Å². The first kappa shape index (κ1) is 40.1. The molecule has 0 aliphatic heterocycles. The van der Waals surface area contributed by atoms with Crippen LogP contribution in [0.15, 0.2) is 0 Å². The van der Waals surface area contributed by atoms with Gasteiger partial charge in [0, 0.05) is 19.3 Å². The number of ether oxygens (including phenoxy) is 1. The number of carbonyl (C=O) groups excluding carboxylic acids is 2. The van der Waals surface area contributed by atoms with Crippen LogP contribution < -0.4 is 0 Å². The van der Waals surface area contributed by atoms with Gasteiger partial charge in [0.25, 0.3) is 0 Å². The normalized spacial score (nSPS) is 11.3. The van der Waals surface area contributed by atoms with Crippen LogP contribution in [0.25, 0.3) is 0 Å². The van der Waals surface area contributed by atoms with Gasteiger partial charge < -0.3 is 4.74 Å². The van der Waals surface area contributed by atoms with E-state index < -0.39 is 0 Å². The zero-order valence-electron chi connectivity index (χ0n) is 28.3. The summed E-state index contributed by atoms with van der Waals surface area (Å²) < 4.78 is 5.30. The van der Waals surface area contributed by atoms with Gasteiger partial charge in [0.1, 0.15) is 5.78 Å². The molecule has 244 valence electrons. The van der Waals surface area contributed by atoms with E-state index in [4.69, 9.17) is 4.74 Å². The lowest BCUT2D eigenvalue weighted by Crippen LogP contribution is -2.09. The fourth-order valence-corrected chi connectivity index (χ4v) is 5.81. The smallest absolute Gasteiger partial charge is 0.305 e. The van der Waals surface area contributed by atoms with Gasteiger partial charge in [-0.25, -0.2) is 0 Å². The quantitative estimate of drug-likeness (QED) is 0.0555. The molecule has 0 saturated carbocycles. The highest BCUT2D eigenvalue weighted by molar-refractivity contribution is 5.78. The number of unbranched alkanes of at least 4 members (excludes halogenated alkanes) is 28. The molecule has 0 aliphatic rings. The Morgan fingerprint density at radius 2 is 0.610 bits per heavy atom. The molecule has 0 saturated heterocycles. The molecule has 0 heterocycles. The summed E-state index contributed by atoms with van der Waals surface area (Å²) in [5, 5.41) is 0. The molecule has 0 aliphatic carbocycles. The molecule has 0 fully saturated rings. The van der Waals surface area contributed by atoms with Crippen molar-refractivity contribution < 1.29 is 14.3 Å². The third kappa shape index (κ3) is 35.2. The van der Waals surface area contributed by atoms with Gasteiger partial charge in [-0.15, -0.1) is 0 Å². The summed E-state index contributed by atoms with van der Waals surface area (Å²) in [7, 11) is 0. The Morgan fingerprint density at radius 3 is 0.927 bits per heavy atom. The predicted octanol–water partition coefficient (Wildman–Crippen LogP) is 13.0. The first-order valence-corrected chi connectivity index (χ1v) is 18.9. The second kappa shape index (κ2) is 35.3. The first-order chi connectivity index (χ1) is 20.2. The van der Waals surface area contributed by atoms with Gasteiger partial charge in [-0.05, 0) is 12.8 Å². The van der Waals surface area contributed by atoms with E-state index in [-0.39, 0.29) is 18.4 Å². The second-order valence-corrected chi connectivity index (χ2v) is 12.9. The summed E-state index contributed by atoms with van der Waals surface area (Å²) in [5.41, 5.74) is 0. The summed E-state index contributed by atoms with van der Waals surface area (Å²) in [5.74, 6) is 0.124. The van der Waals surface area contributed by atoms with E-state index in [1.54, 1.807) is 0 Å². The Labute approximate surface area is 258 Å². The molecule has 0 bridgehead atoms. The van der Waals surface area contributed by atoms with Crippen LogP contribution in [0.3, 0.4) is 0 Å². The van der Waals surface area contributed by atoms with Crippen LogP contribution in [0.2, 0.25) is 0 Å². The van der Waals surface area contributed by atoms with Crippen molar-refractivity contribution in [3.8, 4) is 0 Å². The average molecular weight is 579 g/mol. The third-order valence-corrected chi connectivity index (χ3v) is 8.69. The van der Waals surface area contributed by atoms with Crippen LogP contribution in [0.1, 0.15) is 226 Å². The van der Waals surface area contributed by atoms with Crippen molar-refractivity contribution in [2.75, 3.05) is 6.61 Å². The Hall–Kier alpha value is -0.860. The highest BCUT2D eigenvalue weighted by atomic mass is 16.5. The molecular formula is C38H74O3. The summed E-state index contributed by atoms with van der Waals surface area (Å²) in [6, 6.07) is 0. The Morgan fingerprint density at radius 1 is 0.341 bits per heavy atom. The number of hydrogen-bond donors (Lipinski definition) is 0. The van der Waals surface area contributed by atoms with Crippen molar-refractivity contribution in [1.82, 2.24) is 0 Å². The molecule has 0 aromatic rings. The molecule has 0 aromatic heterocycles. The first-order valence-electron chi connectivity index (χ1n) is 18.9. The molecular weight excluding hydrogens is 504 g/mol. The van der Waals surface area contributed by atoms with Gasteiger partial charge in [-0.3, -0.25) is 9.59 Å². The number of esters is 1. The monoisotopic (exact) mass is 579 g/mol. The van der Waals surface area contributed by atoms with Crippen molar-refractivity contribution in [2.24, 2.45) is 0 Å². The van der Waals surface area contributed by atoms with Crippen LogP contribution in [0.5, 0.6) is 0 Å². The summed E-state index contributed by atoms with van der Waals surface area (Å²) in [4.78, 5) is 24.0. The van der Waals surface area contributed by atoms with E-state index in [0.717, 1.165) is 25.7 Å². The van der Waals surface area contributed by atoms with Crippen molar-refractivity contribution in [1.29, 1.82) is 0 Å². The average Bonchev–Trinajstić information content (AvgIpc) is 2.97. The van der Waals surface area contributed by atoms with Crippen LogP contribution in [-0.4, -0.2) is 18.4 Å². The van der Waals surface area contributed by atoms with E-state index in [1.807, 2.05) is 0 Å². The van der Waals surface area contributed by atoms with E-state index in [1.165, 1.54) is 167 Å². The largest absolute Gasteiger partial charge is 0.465 e. The number of rotatable bonds is 35. The van der Waals surface area contributed by atoms with E-state index in [9.17, 15) is 9.59 Å². The molecule has 0 amide bonds. The minimum atomic E-state index is -0.125. The number of ketones is 1. The van der Waals surface area contributed by atoms with Gasteiger partial charge in [0.05, 0.1) is 6.61 Å². The van der Waals surface area contributed by atoms with Crippen LogP contribution in [-0.2, 0) is 14.3 Å². The summed E-state index contributed by atoms with van der Waals surface area (Å²) >= 11 is 0. The molecule has 0 atom stereocenters. The highest BCUT2D eigenvalue weighted by Gasteiger charge is 2.06. The Kier molecular flexibility index (Phi) is 34.6. The van der Waals surface area contributed by atoms with Crippen LogP contribution >= 0.6 is 0 Å². The lowest BCUT2D eigenvalue weighted by molar-refractivity contribution is -0.144. The van der Waals surface area contributed by atoms with E-state index in [2.05, 4.69) is 13.8 Å². The minimum Gasteiger partial charge on any atom is -0.465 e. The van der Waals surface area contributed by atoms with Crippen LogP contribution in [0.4, 0.5) is 0 Å². The number of hydrogen-bond acceptors (Lipinski definition) is 3. The molecule has 0 spiro atoms. The Balaban J connectivity index is 3.26. The summed E-state index contributed by atoms with van der Waals surface area (Å²) in [6.45, 7) is 4.83. The van der Waals surface area contributed by atoms with E-state index >= 15 is 0 Å². The zero-order valence-corrected chi connectivity index (χ0v) is 28.3. The predicted molar refractivity (Wildman–Crippen MR) is 180 cm³/mol. The lowest BCUT2D eigenvalue weighted by atomic mass is 10.0. The van der Waals surface area contributed by atoms with Crippen LogP contribution in [0, 0.1) is 0 Å². The molecule has 0 unspecified atom stereocenters. The second-order valence-electron chi connectivity index (χ2n) is 12.9. The van der Waals surface area contributed by atoms with Gasteiger partial charge in [0.2, 0.25) is 0 Å². The third-order valence-electron chi connectivity index (χ3n) is 8.69. The molecule has 0 radical (unpaired) electrons. The molecule has 3 nitrogen and oxygen atoms in total. The van der Waals surface area contributed by atoms with Crippen molar-refractivity contribution >= 4 is 11.8 Å². The maximum Gasteiger partial charge on any atom is 0.305 e. The summed E-state index contributed by atoms with van der Waals surface area (Å²) in [6.07, 6.45) is 41.6.